The van der Waals surface area contributed by atoms with Crippen LogP contribution in [0.2, 0.25) is 0 Å². The van der Waals surface area contributed by atoms with E-state index in [4.69, 9.17) is 11.0 Å². The normalized spacial score (nSPS) is 10.9. The second-order valence-corrected chi connectivity index (χ2v) is 4.55. The van der Waals surface area contributed by atoms with E-state index in [1.54, 1.807) is 6.07 Å². The molecular weight excluding hydrogens is 281 g/mol. The second kappa shape index (κ2) is 5.79. The molecule has 0 saturated carbocycles. The topological polar surface area (TPSA) is 90.9 Å². The Kier molecular flexibility index (Phi) is 4.61. The molecule has 0 spiro atoms. The highest BCUT2D eigenvalue weighted by atomic mass is 32.1. The SMILES string of the molecule is CNC(=O)c1c(NCCC(F)(F)F)sc(C#N)c1N. The number of amides is 1. The summed E-state index contributed by atoms with van der Waals surface area (Å²) in [6.07, 6.45) is -5.33. The zero-order valence-electron chi connectivity index (χ0n) is 9.89. The van der Waals surface area contributed by atoms with Crippen molar-refractivity contribution in [3.63, 3.8) is 0 Å². The number of alkyl halides is 3. The van der Waals surface area contributed by atoms with E-state index in [0.717, 1.165) is 11.3 Å². The smallest absolute Gasteiger partial charge is 0.390 e. The lowest BCUT2D eigenvalue weighted by Gasteiger charge is -2.09. The van der Waals surface area contributed by atoms with Gasteiger partial charge in [0, 0.05) is 13.6 Å². The molecule has 0 unspecified atom stereocenters. The minimum atomic E-state index is -4.29. The maximum atomic E-state index is 12.0. The molecule has 1 aromatic rings. The summed E-state index contributed by atoms with van der Waals surface area (Å²) in [5, 5.41) is 13.8. The van der Waals surface area contributed by atoms with E-state index >= 15 is 0 Å². The third-order valence-corrected chi connectivity index (χ3v) is 3.26. The van der Waals surface area contributed by atoms with Crippen molar-refractivity contribution >= 4 is 27.9 Å². The number of carbonyl (C=O) groups is 1. The van der Waals surface area contributed by atoms with E-state index < -0.39 is 25.0 Å². The Morgan fingerprint density at radius 3 is 2.63 bits per heavy atom. The first kappa shape index (κ1) is 15.1. The predicted octanol–water partition coefficient (Wildman–Crippen LogP) is 1.93. The molecule has 0 saturated heterocycles. The lowest BCUT2D eigenvalue weighted by Crippen LogP contribution is -2.21. The van der Waals surface area contributed by atoms with Crippen molar-refractivity contribution < 1.29 is 18.0 Å². The van der Waals surface area contributed by atoms with Gasteiger partial charge < -0.3 is 16.4 Å². The molecule has 0 atom stereocenters. The summed E-state index contributed by atoms with van der Waals surface area (Å²) in [7, 11) is 1.37. The molecule has 4 N–H and O–H groups in total. The van der Waals surface area contributed by atoms with E-state index in [0.29, 0.717) is 0 Å². The molecule has 1 rings (SSSR count). The number of nitrogens with zero attached hydrogens (tertiary/aromatic N) is 1. The Morgan fingerprint density at radius 2 is 2.16 bits per heavy atom. The Hall–Kier alpha value is -1.95. The highest BCUT2D eigenvalue weighted by Crippen LogP contribution is 2.35. The molecule has 0 aromatic carbocycles. The molecule has 0 fully saturated rings. The van der Waals surface area contributed by atoms with E-state index in [9.17, 15) is 18.0 Å². The molecule has 1 heterocycles. The van der Waals surface area contributed by atoms with Gasteiger partial charge in [0.2, 0.25) is 0 Å². The molecule has 1 aromatic heterocycles. The van der Waals surface area contributed by atoms with Crippen LogP contribution in [-0.4, -0.2) is 25.7 Å². The van der Waals surface area contributed by atoms with Crippen LogP contribution in [0.15, 0.2) is 0 Å². The summed E-state index contributed by atoms with van der Waals surface area (Å²) < 4.78 is 36.1. The van der Waals surface area contributed by atoms with Crippen molar-refractivity contribution in [1.82, 2.24) is 5.32 Å². The van der Waals surface area contributed by atoms with Crippen molar-refractivity contribution in [1.29, 1.82) is 5.26 Å². The predicted molar refractivity (Wildman–Crippen MR) is 66.0 cm³/mol. The molecular formula is C10H11F3N4OS. The van der Waals surface area contributed by atoms with Crippen LogP contribution in [0.1, 0.15) is 21.7 Å². The number of thiophene rings is 1. The van der Waals surface area contributed by atoms with Crippen LogP contribution in [0.4, 0.5) is 23.9 Å². The standard InChI is InChI=1S/C10H11F3N4OS/c1-16-8(18)6-7(15)5(4-14)19-9(6)17-3-2-10(11,12)13/h17H,2-3,15H2,1H3,(H,16,18). The number of nitriles is 1. The summed E-state index contributed by atoms with van der Waals surface area (Å²) in [5.74, 6) is -0.551. The van der Waals surface area contributed by atoms with Gasteiger partial charge in [0.25, 0.3) is 5.91 Å². The zero-order valence-corrected chi connectivity index (χ0v) is 10.7. The minimum Gasteiger partial charge on any atom is -0.396 e. The first-order valence-electron chi connectivity index (χ1n) is 5.15. The average molecular weight is 292 g/mol. The van der Waals surface area contributed by atoms with Crippen molar-refractivity contribution in [3.05, 3.63) is 10.4 Å². The van der Waals surface area contributed by atoms with E-state index in [1.807, 2.05) is 0 Å². The van der Waals surface area contributed by atoms with Crippen LogP contribution in [0.25, 0.3) is 0 Å². The highest BCUT2D eigenvalue weighted by Gasteiger charge is 2.27. The quantitative estimate of drug-likeness (QED) is 0.790. The molecule has 0 radical (unpaired) electrons. The summed E-state index contributed by atoms with van der Waals surface area (Å²) in [4.78, 5) is 11.7. The minimum absolute atomic E-state index is 0.00576. The van der Waals surface area contributed by atoms with Crippen LogP contribution < -0.4 is 16.4 Å². The summed E-state index contributed by atoms with van der Waals surface area (Å²) in [6.45, 7) is -0.391. The molecule has 1 amide bonds. The van der Waals surface area contributed by atoms with Gasteiger partial charge in [-0.05, 0) is 0 Å². The molecule has 5 nitrogen and oxygen atoms in total. The second-order valence-electron chi connectivity index (χ2n) is 3.53. The number of hydrogen-bond donors (Lipinski definition) is 3. The maximum absolute atomic E-state index is 12.0. The number of anilines is 2. The molecule has 104 valence electrons. The Labute approximate surface area is 111 Å². The van der Waals surface area contributed by atoms with Crippen molar-refractivity contribution in [2.45, 2.75) is 12.6 Å². The Bertz CT molecular complexity index is 518. The van der Waals surface area contributed by atoms with Gasteiger partial charge in [0.15, 0.2) is 0 Å². The molecule has 9 heteroatoms. The number of nitrogens with one attached hydrogen (secondary N) is 2. The van der Waals surface area contributed by atoms with Gasteiger partial charge in [-0.15, -0.1) is 11.3 Å². The van der Waals surface area contributed by atoms with Crippen molar-refractivity contribution in [2.75, 3.05) is 24.6 Å². The zero-order chi connectivity index (χ0) is 14.6. The fourth-order valence-corrected chi connectivity index (χ4v) is 2.26. The van der Waals surface area contributed by atoms with E-state index in [-0.39, 0.29) is 21.1 Å². The van der Waals surface area contributed by atoms with Gasteiger partial charge in [0.05, 0.1) is 17.7 Å². The van der Waals surface area contributed by atoms with Crippen molar-refractivity contribution in [3.8, 4) is 6.07 Å². The third kappa shape index (κ3) is 3.75. The number of rotatable bonds is 4. The van der Waals surface area contributed by atoms with Gasteiger partial charge in [-0.25, -0.2) is 0 Å². The summed E-state index contributed by atoms with van der Waals surface area (Å²) in [6, 6.07) is 1.79. The maximum Gasteiger partial charge on any atom is 0.390 e. The number of hydrogen-bond acceptors (Lipinski definition) is 5. The van der Waals surface area contributed by atoms with Crippen LogP contribution in [-0.2, 0) is 0 Å². The number of halogens is 3. The fraction of sp³-hybridized carbons (Fsp3) is 0.400. The highest BCUT2D eigenvalue weighted by molar-refractivity contribution is 7.17. The molecule has 0 aliphatic carbocycles. The molecule has 0 bridgehead atoms. The van der Waals surface area contributed by atoms with Gasteiger partial charge in [-0.2, -0.15) is 18.4 Å². The Balaban J connectivity index is 2.94. The van der Waals surface area contributed by atoms with Gasteiger partial charge >= 0.3 is 6.18 Å². The third-order valence-electron chi connectivity index (χ3n) is 2.19. The number of nitrogen functional groups attached to an aromatic ring is 1. The molecule has 19 heavy (non-hydrogen) atoms. The van der Waals surface area contributed by atoms with Crippen LogP contribution in [0.5, 0.6) is 0 Å². The van der Waals surface area contributed by atoms with E-state index in [1.165, 1.54) is 7.05 Å². The number of carbonyl (C=O) groups excluding carboxylic acids is 1. The first-order valence-corrected chi connectivity index (χ1v) is 5.97. The monoisotopic (exact) mass is 292 g/mol. The molecule has 0 aliphatic rings. The first-order chi connectivity index (χ1) is 8.80. The van der Waals surface area contributed by atoms with Crippen LogP contribution >= 0.6 is 11.3 Å². The lowest BCUT2D eigenvalue weighted by molar-refractivity contribution is -0.131. The van der Waals surface area contributed by atoms with Crippen LogP contribution in [0, 0.1) is 11.3 Å². The lowest BCUT2D eigenvalue weighted by atomic mass is 10.2. The number of nitrogens with two attached hydrogens (primary N) is 1. The van der Waals surface area contributed by atoms with Crippen molar-refractivity contribution in [2.24, 2.45) is 0 Å². The molecule has 0 aliphatic heterocycles. The average Bonchev–Trinajstić information content (AvgIpc) is 2.63. The van der Waals surface area contributed by atoms with Gasteiger partial charge in [-0.3, -0.25) is 4.79 Å². The summed E-state index contributed by atoms with van der Waals surface area (Å²) >= 11 is 0.855. The Morgan fingerprint density at radius 1 is 1.53 bits per heavy atom. The van der Waals surface area contributed by atoms with Crippen LogP contribution in [0.3, 0.4) is 0 Å². The van der Waals surface area contributed by atoms with Gasteiger partial charge in [0.1, 0.15) is 15.9 Å². The fourth-order valence-electron chi connectivity index (χ4n) is 1.32. The van der Waals surface area contributed by atoms with E-state index in [2.05, 4.69) is 10.6 Å². The summed E-state index contributed by atoms with van der Waals surface area (Å²) in [5.41, 5.74) is 5.59. The largest absolute Gasteiger partial charge is 0.396 e. The van der Waals surface area contributed by atoms with Gasteiger partial charge in [-0.1, -0.05) is 0 Å².